The van der Waals surface area contributed by atoms with Gasteiger partial charge in [0.25, 0.3) is 0 Å². The lowest BCUT2D eigenvalue weighted by molar-refractivity contribution is 0.482. The molecule has 1 aromatic heterocycles. The predicted molar refractivity (Wildman–Crippen MR) is 63.4 cm³/mol. The number of furan rings is 1. The van der Waals surface area contributed by atoms with Gasteiger partial charge in [-0.1, -0.05) is 6.07 Å². The maximum atomic E-state index is 13.2. The number of hydrogen-bond donors (Lipinski definition) is 1. The summed E-state index contributed by atoms with van der Waals surface area (Å²) in [6.45, 7) is 1.26. The molecule has 0 saturated heterocycles. The van der Waals surface area contributed by atoms with Gasteiger partial charge in [-0.25, -0.2) is 4.39 Å². The Labute approximate surface area is 102 Å². The first-order chi connectivity index (χ1) is 7.75. The van der Waals surface area contributed by atoms with Crippen LogP contribution in [0.4, 0.5) is 4.39 Å². The normalized spacial score (nSPS) is 10.6. The highest BCUT2D eigenvalue weighted by molar-refractivity contribution is 9.10. The van der Waals surface area contributed by atoms with Gasteiger partial charge in [0.2, 0.25) is 0 Å². The summed E-state index contributed by atoms with van der Waals surface area (Å²) in [5.41, 5.74) is 0.909. The zero-order chi connectivity index (χ0) is 11.4. The van der Waals surface area contributed by atoms with E-state index in [2.05, 4.69) is 21.2 Å². The molecule has 0 saturated carbocycles. The Bertz CT molecular complexity index is 456. The number of nitrogens with one attached hydrogen (secondary N) is 1. The molecule has 84 valence electrons. The van der Waals surface area contributed by atoms with Crippen molar-refractivity contribution in [2.24, 2.45) is 0 Å². The van der Waals surface area contributed by atoms with Crippen LogP contribution in [0.3, 0.4) is 0 Å². The first-order valence-corrected chi connectivity index (χ1v) is 5.72. The second-order valence-corrected chi connectivity index (χ2v) is 4.29. The van der Waals surface area contributed by atoms with E-state index in [9.17, 15) is 4.39 Å². The van der Waals surface area contributed by atoms with Gasteiger partial charge in [-0.05, 0) is 45.8 Å². The third-order valence-electron chi connectivity index (χ3n) is 2.19. The van der Waals surface area contributed by atoms with Crippen LogP contribution in [0.1, 0.15) is 11.3 Å². The van der Waals surface area contributed by atoms with E-state index < -0.39 is 0 Å². The van der Waals surface area contributed by atoms with Crippen LogP contribution in [0.15, 0.2) is 45.5 Å². The lowest BCUT2D eigenvalue weighted by atomic mass is 10.2. The van der Waals surface area contributed by atoms with Gasteiger partial charge in [0.1, 0.15) is 11.6 Å². The molecule has 0 bridgehead atoms. The number of rotatable bonds is 4. The number of benzene rings is 1. The average molecular weight is 284 g/mol. The summed E-state index contributed by atoms with van der Waals surface area (Å²) in [4.78, 5) is 0. The van der Waals surface area contributed by atoms with E-state index in [0.29, 0.717) is 17.6 Å². The van der Waals surface area contributed by atoms with Crippen molar-refractivity contribution in [1.29, 1.82) is 0 Å². The summed E-state index contributed by atoms with van der Waals surface area (Å²) in [7, 11) is 0. The van der Waals surface area contributed by atoms with Crippen molar-refractivity contribution in [3.8, 4) is 0 Å². The average Bonchev–Trinajstić information content (AvgIpc) is 2.76. The van der Waals surface area contributed by atoms with Gasteiger partial charge in [0.15, 0.2) is 0 Å². The van der Waals surface area contributed by atoms with Crippen LogP contribution < -0.4 is 5.32 Å². The van der Waals surface area contributed by atoms with Crippen molar-refractivity contribution < 1.29 is 8.81 Å². The molecule has 0 aliphatic heterocycles. The van der Waals surface area contributed by atoms with E-state index in [4.69, 9.17) is 4.42 Å². The van der Waals surface area contributed by atoms with E-state index >= 15 is 0 Å². The van der Waals surface area contributed by atoms with Gasteiger partial charge in [-0.15, -0.1) is 0 Å². The van der Waals surface area contributed by atoms with Gasteiger partial charge in [0.05, 0.1) is 17.3 Å². The first-order valence-electron chi connectivity index (χ1n) is 4.93. The van der Waals surface area contributed by atoms with Crippen molar-refractivity contribution >= 4 is 15.9 Å². The Kier molecular flexibility index (Phi) is 3.74. The second kappa shape index (κ2) is 5.27. The molecule has 2 rings (SSSR count). The van der Waals surface area contributed by atoms with Crippen molar-refractivity contribution in [3.63, 3.8) is 0 Å². The minimum absolute atomic E-state index is 0.239. The molecule has 0 radical (unpaired) electrons. The summed E-state index contributed by atoms with van der Waals surface area (Å²) < 4.78 is 18.8. The van der Waals surface area contributed by atoms with Crippen LogP contribution >= 0.6 is 15.9 Å². The minimum Gasteiger partial charge on any atom is -0.468 e. The van der Waals surface area contributed by atoms with E-state index in [-0.39, 0.29) is 5.82 Å². The van der Waals surface area contributed by atoms with Gasteiger partial charge in [-0.2, -0.15) is 0 Å². The molecular weight excluding hydrogens is 273 g/mol. The molecule has 1 aromatic carbocycles. The van der Waals surface area contributed by atoms with Crippen molar-refractivity contribution in [2.45, 2.75) is 13.1 Å². The highest BCUT2D eigenvalue weighted by atomic mass is 79.9. The summed E-state index contributed by atoms with van der Waals surface area (Å²) >= 11 is 3.12. The van der Waals surface area contributed by atoms with Crippen LogP contribution in [0.2, 0.25) is 0 Å². The summed E-state index contributed by atoms with van der Waals surface area (Å²) in [5, 5.41) is 3.18. The Morgan fingerprint density at radius 3 is 2.81 bits per heavy atom. The maximum absolute atomic E-state index is 13.2. The lowest BCUT2D eigenvalue weighted by Crippen LogP contribution is -2.12. The van der Waals surface area contributed by atoms with Crippen LogP contribution in [-0.2, 0) is 13.1 Å². The second-order valence-electron chi connectivity index (χ2n) is 3.43. The quantitative estimate of drug-likeness (QED) is 0.930. The molecule has 4 heteroatoms. The highest BCUT2D eigenvalue weighted by Crippen LogP contribution is 2.16. The Morgan fingerprint density at radius 2 is 2.12 bits per heavy atom. The topological polar surface area (TPSA) is 25.2 Å². The molecule has 0 aliphatic carbocycles. The Hall–Kier alpha value is -1.13. The standard InChI is InChI=1S/C12H11BrFNO/c13-11-4-3-9(6-12(11)14)7-15-8-10-2-1-5-16-10/h1-6,15H,7-8H2. The third kappa shape index (κ3) is 2.93. The number of hydrogen-bond acceptors (Lipinski definition) is 2. The SMILES string of the molecule is Fc1cc(CNCc2ccco2)ccc1Br. The molecule has 0 aliphatic rings. The third-order valence-corrected chi connectivity index (χ3v) is 2.84. The summed E-state index contributed by atoms with van der Waals surface area (Å²) in [6, 6.07) is 8.84. The van der Waals surface area contributed by atoms with Crippen LogP contribution in [-0.4, -0.2) is 0 Å². The van der Waals surface area contributed by atoms with E-state index in [1.807, 2.05) is 18.2 Å². The summed E-state index contributed by atoms with van der Waals surface area (Å²) in [6.07, 6.45) is 1.64. The fourth-order valence-electron chi connectivity index (χ4n) is 1.39. The van der Waals surface area contributed by atoms with Gasteiger partial charge in [0, 0.05) is 6.54 Å². The molecule has 1 N–H and O–H groups in total. The molecule has 0 amide bonds. The lowest BCUT2D eigenvalue weighted by Gasteiger charge is -2.04. The first kappa shape index (κ1) is 11.4. The maximum Gasteiger partial charge on any atom is 0.137 e. The molecule has 2 nitrogen and oxygen atoms in total. The number of halogens is 2. The van der Waals surface area contributed by atoms with Crippen LogP contribution in [0, 0.1) is 5.82 Å². The van der Waals surface area contributed by atoms with Crippen LogP contribution in [0.5, 0.6) is 0 Å². The fraction of sp³-hybridized carbons (Fsp3) is 0.167. The smallest absolute Gasteiger partial charge is 0.137 e. The van der Waals surface area contributed by atoms with Crippen LogP contribution in [0.25, 0.3) is 0 Å². The van der Waals surface area contributed by atoms with E-state index in [0.717, 1.165) is 11.3 Å². The van der Waals surface area contributed by atoms with Crippen molar-refractivity contribution in [2.75, 3.05) is 0 Å². The van der Waals surface area contributed by atoms with E-state index in [1.54, 1.807) is 12.3 Å². The molecule has 0 atom stereocenters. The highest BCUT2D eigenvalue weighted by Gasteiger charge is 2.01. The van der Waals surface area contributed by atoms with Crippen molar-refractivity contribution in [3.05, 3.63) is 58.2 Å². The van der Waals surface area contributed by atoms with Gasteiger partial charge < -0.3 is 9.73 Å². The zero-order valence-corrected chi connectivity index (χ0v) is 10.1. The monoisotopic (exact) mass is 283 g/mol. The molecule has 2 aromatic rings. The van der Waals surface area contributed by atoms with Gasteiger partial charge >= 0.3 is 0 Å². The van der Waals surface area contributed by atoms with Crippen molar-refractivity contribution in [1.82, 2.24) is 5.32 Å². The van der Waals surface area contributed by atoms with Gasteiger partial charge in [-0.3, -0.25) is 0 Å². The minimum atomic E-state index is -0.239. The van der Waals surface area contributed by atoms with E-state index in [1.165, 1.54) is 6.07 Å². The Morgan fingerprint density at radius 1 is 1.25 bits per heavy atom. The molecule has 0 spiro atoms. The largest absolute Gasteiger partial charge is 0.468 e. The molecule has 1 heterocycles. The summed E-state index contributed by atoms with van der Waals surface area (Å²) in [5.74, 6) is 0.634. The molecule has 16 heavy (non-hydrogen) atoms. The molecular formula is C12H11BrFNO. The molecule has 0 fully saturated rings. The fourth-order valence-corrected chi connectivity index (χ4v) is 1.64. The predicted octanol–water partition coefficient (Wildman–Crippen LogP) is 3.47. The Balaban J connectivity index is 1.87. The molecule has 0 unspecified atom stereocenters. The zero-order valence-electron chi connectivity index (χ0n) is 8.54.